The number of nitrogens with one attached hydrogen (secondary N) is 1. The molecule has 0 saturated carbocycles. The predicted octanol–water partition coefficient (Wildman–Crippen LogP) is 0.988. The molecule has 1 atom stereocenters. The van der Waals surface area contributed by atoms with E-state index in [1.807, 2.05) is 20.8 Å². The number of amides is 1. The van der Waals surface area contributed by atoms with Crippen LogP contribution in [0, 0.1) is 11.3 Å². The highest BCUT2D eigenvalue weighted by atomic mass is 16.2. The fourth-order valence-electron chi connectivity index (χ4n) is 2.63. The van der Waals surface area contributed by atoms with E-state index in [9.17, 15) is 4.79 Å². The largest absolute Gasteiger partial charge is 0.353 e. The Kier molecular flexibility index (Phi) is 5.34. The van der Waals surface area contributed by atoms with Gasteiger partial charge in [-0.3, -0.25) is 9.69 Å². The van der Waals surface area contributed by atoms with Crippen LogP contribution in [0.2, 0.25) is 0 Å². The number of piperazine rings is 1. The molecule has 1 amide bonds. The lowest BCUT2D eigenvalue weighted by molar-refractivity contribution is -0.126. The van der Waals surface area contributed by atoms with Crippen molar-refractivity contribution in [2.45, 2.75) is 32.9 Å². The molecule has 1 aromatic heterocycles. The minimum Gasteiger partial charge on any atom is -0.353 e. The fraction of sp³-hybridized carbons (Fsp3) is 0.562. The van der Waals surface area contributed by atoms with Gasteiger partial charge >= 0.3 is 0 Å². The number of anilines is 1. The highest BCUT2D eigenvalue weighted by Gasteiger charge is 2.26. The van der Waals surface area contributed by atoms with Crippen molar-refractivity contribution >= 4 is 11.7 Å². The molecule has 0 bridgehead atoms. The van der Waals surface area contributed by atoms with Crippen molar-refractivity contribution in [2.24, 2.45) is 0 Å². The molecule has 0 aromatic carbocycles. The molecule has 0 aliphatic carbocycles. The minimum absolute atomic E-state index is 0.0685. The number of hydrogen-bond acceptors (Lipinski definition) is 5. The fourth-order valence-corrected chi connectivity index (χ4v) is 2.63. The molecular weight excluding hydrogens is 278 g/mol. The van der Waals surface area contributed by atoms with Crippen molar-refractivity contribution in [1.29, 1.82) is 5.26 Å². The first-order valence-electron chi connectivity index (χ1n) is 7.67. The summed E-state index contributed by atoms with van der Waals surface area (Å²) in [6, 6.07) is 5.76. The van der Waals surface area contributed by atoms with Crippen LogP contribution in [-0.2, 0) is 4.79 Å². The average molecular weight is 301 g/mol. The molecule has 1 saturated heterocycles. The van der Waals surface area contributed by atoms with E-state index in [0.29, 0.717) is 5.56 Å². The van der Waals surface area contributed by atoms with Gasteiger partial charge in [0, 0.05) is 38.4 Å². The zero-order valence-corrected chi connectivity index (χ0v) is 13.4. The van der Waals surface area contributed by atoms with Gasteiger partial charge in [-0.05, 0) is 32.9 Å². The van der Waals surface area contributed by atoms with E-state index in [4.69, 9.17) is 5.26 Å². The summed E-state index contributed by atoms with van der Waals surface area (Å²) in [6.07, 6.45) is 1.71. The van der Waals surface area contributed by atoms with Crippen LogP contribution >= 0.6 is 0 Å². The third kappa shape index (κ3) is 3.74. The van der Waals surface area contributed by atoms with Gasteiger partial charge in [0.2, 0.25) is 5.91 Å². The second kappa shape index (κ2) is 7.23. The van der Waals surface area contributed by atoms with Crippen LogP contribution in [0.25, 0.3) is 0 Å². The Labute approximate surface area is 131 Å². The maximum Gasteiger partial charge on any atom is 0.237 e. The van der Waals surface area contributed by atoms with E-state index >= 15 is 0 Å². The van der Waals surface area contributed by atoms with E-state index in [2.05, 4.69) is 26.2 Å². The predicted molar refractivity (Wildman–Crippen MR) is 85.5 cm³/mol. The molecule has 22 heavy (non-hydrogen) atoms. The molecule has 6 nitrogen and oxygen atoms in total. The molecule has 1 aromatic rings. The zero-order chi connectivity index (χ0) is 16.1. The SMILES string of the molecule is CC(C)NC(=O)C(C)N1CCN(c2ncccc2C#N)CC1. The van der Waals surface area contributed by atoms with Crippen molar-refractivity contribution < 1.29 is 4.79 Å². The molecule has 1 aliphatic rings. The van der Waals surface area contributed by atoms with Gasteiger partial charge in [0.15, 0.2) is 0 Å². The zero-order valence-electron chi connectivity index (χ0n) is 13.4. The van der Waals surface area contributed by atoms with Crippen LogP contribution in [-0.4, -0.2) is 54.1 Å². The second-order valence-corrected chi connectivity index (χ2v) is 5.85. The Morgan fingerprint density at radius 1 is 1.32 bits per heavy atom. The van der Waals surface area contributed by atoms with Crippen LogP contribution in [0.4, 0.5) is 5.82 Å². The molecular formula is C16H23N5O. The molecule has 1 aliphatic heterocycles. The van der Waals surface area contributed by atoms with Crippen LogP contribution in [0.3, 0.4) is 0 Å². The molecule has 0 radical (unpaired) electrons. The minimum atomic E-state index is -0.135. The van der Waals surface area contributed by atoms with Crippen LogP contribution in [0.5, 0.6) is 0 Å². The summed E-state index contributed by atoms with van der Waals surface area (Å²) < 4.78 is 0. The van der Waals surface area contributed by atoms with Gasteiger partial charge in [0.05, 0.1) is 11.6 Å². The number of carbonyl (C=O) groups excluding carboxylic acids is 1. The Morgan fingerprint density at radius 2 is 2.00 bits per heavy atom. The number of nitrogens with zero attached hydrogens (tertiary/aromatic N) is 4. The maximum absolute atomic E-state index is 12.1. The summed E-state index contributed by atoms with van der Waals surface area (Å²) in [5, 5.41) is 12.1. The number of nitriles is 1. The summed E-state index contributed by atoms with van der Waals surface area (Å²) in [5.74, 6) is 0.808. The number of hydrogen-bond donors (Lipinski definition) is 1. The number of carbonyl (C=O) groups is 1. The Hall–Kier alpha value is -2.13. The van der Waals surface area contributed by atoms with E-state index in [-0.39, 0.29) is 18.0 Å². The molecule has 0 spiro atoms. The molecule has 1 N–H and O–H groups in total. The van der Waals surface area contributed by atoms with E-state index in [1.54, 1.807) is 18.3 Å². The number of pyridine rings is 1. The molecule has 2 rings (SSSR count). The van der Waals surface area contributed by atoms with Gasteiger partial charge in [-0.25, -0.2) is 4.98 Å². The Morgan fingerprint density at radius 3 is 2.59 bits per heavy atom. The quantitative estimate of drug-likeness (QED) is 0.898. The molecule has 6 heteroatoms. The first kappa shape index (κ1) is 16.2. The lowest BCUT2D eigenvalue weighted by Gasteiger charge is -2.38. The van der Waals surface area contributed by atoms with Crippen molar-refractivity contribution in [3.8, 4) is 6.07 Å². The molecule has 2 heterocycles. The van der Waals surface area contributed by atoms with Gasteiger partial charge in [0.1, 0.15) is 11.9 Å². The lowest BCUT2D eigenvalue weighted by Crippen LogP contribution is -2.54. The van der Waals surface area contributed by atoms with Crippen molar-refractivity contribution in [1.82, 2.24) is 15.2 Å². The van der Waals surface area contributed by atoms with Crippen LogP contribution < -0.4 is 10.2 Å². The summed E-state index contributed by atoms with van der Waals surface area (Å²) in [7, 11) is 0. The smallest absolute Gasteiger partial charge is 0.237 e. The molecule has 1 unspecified atom stereocenters. The monoisotopic (exact) mass is 301 g/mol. The molecule has 118 valence electrons. The summed E-state index contributed by atoms with van der Waals surface area (Å²) in [4.78, 5) is 20.7. The summed E-state index contributed by atoms with van der Waals surface area (Å²) >= 11 is 0. The topological polar surface area (TPSA) is 72.3 Å². The normalized spacial score (nSPS) is 17.1. The van der Waals surface area contributed by atoms with E-state index in [1.165, 1.54) is 0 Å². The third-order valence-electron chi connectivity index (χ3n) is 3.88. The van der Waals surface area contributed by atoms with Gasteiger partial charge in [-0.2, -0.15) is 5.26 Å². The average Bonchev–Trinajstić information content (AvgIpc) is 2.53. The Balaban J connectivity index is 1.96. The van der Waals surface area contributed by atoms with Crippen LogP contribution in [0.15, 0.2) is 18.3 Å². The van der Waals surface area contributed by atoms with Gasteiger partial charge < -0.3 is 10.2 Å². The molecule has 1 fully saturated rings. The van der Waals surface area contributed by atoms with Gasteiger partial charge in [0.25, 0.3) is 0 Å². The standard InChI is InChI=1S/C16H23N5O/c1-12(2)19-16(22)13(3)20-7-9-21(10-8-20)15-14(11-17)5-4-6-18-15/h4-6,12-13H,7-10H2,1-3H3,(H,19,22). The number of rotatable bonds is 4. The lowest BCUT2D eigenvalue weighted by atomic mass is 10.2. The van der Waals surface area contributed by atoms with Crippen LogP contribution in [0.1, 0.15) is 26.3 Å². The first-order valence-corrected chi connectivity index (χ1v) is 7.67. The van der Waals surface area contributed by atoms with Crippen molar-refractivity contribution in [3.63, 3.8) is 0 Å². The van der Waals surface area contributed by atoms with Gasteiger partial charge in [-0.1, -0.05) is 0 Å². The summed E-state index contributed by atoms with van der Waals surface area (Å²) in [5.41, 5.74) is 0.599. The second-order valence-electron chi connectivity index (χ2n) is 5.85. The highest BCUT2D eigenvalue weighted by molar-refractivity contribution is 5.81. The first-order chi connectivity index (χ1) is 10.5. The third-order valence-corrected chi connectivity index (χ3v) is 3.88. The van der Waals surface area contributed by atoms with E-state index < -0.39 is 0 Å². The van der Waals surface area contributed by atoms with Crippen molar-refractivity contribution in [2.75, 3.05) is 31.1 Å². The highest BCUT2D eigenvalue weighted by Crippen LogP contribution is 2.18. The Bertz CT molecular complexity index is 558. The van der Waals surface area contributed by atoms with E-state index in [0.717, 1.165) is 32.0 Å². The number of aromatic nitrogens is 1. The van der Waals surface area contributed by atoms with Crippen molar-refractivity contribution in [3.05, 3.63) is 23.9 Å². The maximum atomic E-state index is 12.1. The van der Waals surface area contributed by atoms with Gasteiger partial charge in [-0.15, -0.1) is 0 Å². The summed E-state index contributed by atoms with van der Waals surface area (Å²) in [6.45, 7) is 8.98.